The van der Waals surface area contributed by atoms with Crippen molar-refractivity contribution in [1.82, 2.24) is 10.6 Å². The predicted octanol–water partition coefficient (Wildman–Crippen LogP) is 4.47. The number of rotatable bonds is 4. The van der Waals surface area contributed by atoms with Gasteiger partial charge in [0.15, 0.2) is 5.11 Å². The number of alkyl halides is 3. The third-order valence-electron chi connectivity index (χ3n) is 3.20. The number of anilines is 1. The number of carbonyl (C=O) groups excluding carboxylic acids is 1. The summed E-state index contributed by atoms with van der Waals surface area (Å²) in [6, 6.07) is 17.7. The second-order valence-electron chi connectivity index (χ2n) is 5.22. The Morgan fingerprint density at radius 3 is 2.04 bits per heavy atom. The molecule has 1 atom stereocenters. The molecule has 25 heavy (non-hydrogen) atoms. The van der Waals surface area contributed by atoms with Gasteiger partial charge in [-0.2, -0.15) is 0 Å². The molecule has 0 aliphatic rings. The van der Waals surface area contributed by atoms with Crippen molar-refractivity contribution in [2.75, 3.05) is 5.32 Å². The lowest BCUT2D eigenvalue weighted by molar-refractivity contribution is -0.119. The molecule has 0 aliphatic carbocycles. The highest BCUT2D eigenvalue weighted by Gasteiger charge is 2.33. The van der Waals surface area contributed by atoms with E-state index < -0.39 is 9.96 Å². The highest BCUT2D eigenvalue weighted by molar-refractivity contribution is 7.80. The number of thiocarbonyl (C=S) groups is 1. The minimum absolute atomic E-state index is 0.220. The Morgan fingerprint density at radius 2 is 1.52 bits per heavy atom. The molecule has 0 saturated carbocycles. The first-order chi connectivity index (χ1) is 11.8. The molecular weight excluding hydrogens is 401 g/mol. The van der Waals surface area contributed by atoms with Crippen LogP contribution in [-0.2, 0) is 4.79 Å². The summed E-state index contributed by atoms with van der Waals surface area (Å²) in [6.07, 6.45) is -0.960. The quantitative estimate of drug-likeness (QED) is 0.391. The van der Waals surface area contributed by atoms with Gasteiger partial charge in [0.25, 0.3) is 0 Å². The van der Waals surface area contributed by atoms with Gasteiger partial charge in [-0.15, -0.1) is 0 Å². The second-order valence-corrected chi connectivity index (χ2v) is 7.99. The molecule has 0 saturated heterocycles. The summed E-state index contributed by atoms with van der Waals surface area (Å²) in [5, 5.41) is 8.48. The molecular formula is C17H16Cl3N3OS. The van der Waals surface area contributed by atoms with E-state index in [1.165, 1.54) is 6.92 Å². The molecule has 0 heterocycles. The van der Waals surface area contributed by atoms with Gasteiger partial charge in [-0.3, -0.25) is 4.79 Å². The van der Waals surface area contributed by atoms with Gasteiger partial charge in [0.1, 0.15) is 6.17 Å². The van der Waals surface area contributed by atoms with Crippen molar-refractivity contribution >= 4 is 63.7 Å². The third kappa shape index (κ3) is 6.36. The van der Waals surface area contributed by atoms with Crippen LogP contribution in [0, 0.1) is 0 Å². The standard InChI is InChI=1S/C17H16Cl3N3OS/c1-11(24)21-15(17(18,19)20)23-16(25)22-14-9-7-13(8-10-14)12-5-3-2-4-6-12/h2-10,15H,1H3,(H,21,24)(H2,22,23,25). The van der Waals surface area contributed by atoms with Crippen LogP contribution in [0.2, 0.25) is 0 Å². The normalized spacial score (nSPS) is 12.2. The SMILES string of the molecule is CC(=O)NC(NC(=S)Nc1ccc(-c2ccccc2)cc1)C(Cl)(Cl)Cl. The fourth-order valence-electron chi connectivity index (χ4n) is 2.08. The number of amides is 1. The van der Waals surface area contributed by atoms with Crippen molar-refractivity contribution in [3.05, 3.63) is 54.6 Å². The molecule has 1 amide bonds. The lowest BCUT2D eigenvalue weighted by atomic mass is 10.1. The monoisotopic (exact) mass is 415 g/mol. The molecule has 0 spiro atoms. The predicted molar refractivity (Wildman–Crippen MR) is 109 cm³/mol. The zero-order chi connectivity index (χ0) is 18.4. The summed E-state index contributed by atoms with van der Waals surface area (Å²) in [5.41, 5.74) is 2.97. The summed E-state index contributed by atoms with van der Waals surface area (Å²) in [5.74, 6) is -0.348. The molecule has 0 aromatic heterocycles. The topological polar surface area (TPSA) is 53.2 Å². The van der Waals surface area contributed by atoms with Gasteiger partial charge < -0.3 is 16.0 Å². The van der Waals surface area contributed by atoms with Crippen molar-refractivity contribution in [2.24, 2.45) is 0 Å². The summed E-state index contributed by atoms with van der Waals surface area (Å²) in [7, 11) is 0. The molecule has 3 N–H and O–H groups in total. The Morgan fingerprint density at radius 1 is 0.960 bits per heavy atom. The summed E-state index contributed by atoms with van der Waals surface area (Å²) in [6.45, 7) is 1.32. The number of nitrogens with one attached hydrogen (secondary N) is 3. The van der Waals surface area contributed by atoms with Gasteiger partial charge in [-0.1, -0.05) is 77.3 Å². The van der Waals surface area contributed by atoms with E-state index in [9.17, 15) is 4.79 Å². The van der Waals surface area contributed by atoms with Crippen molar-refractivity contribution in [3.8, 4) is 11.1 Å². The molecule has 1 unspecified atom stereocenters. The van der Waals surface area contributed by atoms with Gasteiger partial charge in [-0.25, -0.2) is 0 Å². The minimum atomic E-state index is -1.76. The van der Waals surface area contributed by atoms with Crippen LogP contribution in [0.15, 0.2) is 54.6 Å². The summed E-state index contributed by atoms with van der Waals surface area (Å²) >= 11 is 22.7. The van der Waals surface area contributed by atoms with E-state index in [4.69, 9.17) is 47.0 Å². The van der Waals surface area contributed by atoms with Crippen molar-refractivity contribution in [2.45, 2.75) is 16.9 Å². The van der Waals surface area contributed by atoms with Crippen LogP contribution in [0.4, 0.5) is 5.69 Å². The molecule has 0 aliphatic heterocycles. The van der Waals surface area contributed by atoms with Crippen molar-refractivity contribution in [3.63, 3.8) is 0 Å². The van der Waals surface area contributed by atoms with Crippen LogP contribution in [0.1, 0.15) is 6.92 Å². The van der Waals surface area contributed by atoms with Gasteiger partial charge >= 0.3 is 0 Å². The maximum atomic E-state index is 11.2. The van der Waals surface area contributed by atoms with E-state index in [0.717, 1.165) is 16.8 Å². The molecule has 2 aromatic rings. The molecule has 2 aromatic carbocycles. The third-order valence-corrected chi connectivity index (χ3v) is 4.07. The van der Waals surface area contributed by atoms with Gasteiger partial charge in [0.05, 0.1) is 0 Å². The van der Waals surface area contributed by atoms with E-state index in [1.807, 2.05) is 54.6 Å². The van der Waals surface area contributed by atoms with Crippen molar-refractivity contribution < 1.29 is 4.79 Å². The molecule has 0 fully saturated rings. The second kappa shape index (κ2) is 8.72. The van der Waals surface area contributed by atoms with Crippen LogP contribution in [0.25, 0.3) is 11.1 Å². The average molecular weight is 417 g/mol. The van der Waals surface area contributed by atoms with Crippen LogP contribution in [0.5, 0.6) is 0 Å². The van der Waals surface area contributed by atoms with Crippen LogP contribution in [0.3, 0.4) is 0 Å². The van der Waals surface area contributed by atoms with Crippen molar-refractivity contribution in [1.29, 1.82) is 0 Å². The first kappa shape index (κ1) is 19.8. The molecule has 0 radical (unpaired) electrons. The lowest BCUT2D eigenvalue weighted by Crippen LogP contribution is -2.55. The zero-order valence-electron chi connectivity index (χ0n) is 13.2. The largest absolute Gasteiger partial charge is 0.339 e. The van der Waals surface area contributed by atoms with Crippen LogP contribution >= 0.6 is 47.0 Å². The van der Waals surface area contributed by atoms with E-state index in [-0.39, 0.29) is 11.0 Å². The maximum absolute atomic E-state index is 11.2. The number of benzene rings is 2. The first-order valence-electron chi connectivity index (χ1n) is 7.32. The highest BCUT2D eigenvalue weighted by Crippen LogP contribution is 2.29. The highest BCUT2D eigenvalue weighted by atomic mass is 35.6. The first-order valence-corrected chi connectivity index (χ1v) is 8.87. The van der Waals surface area contributed by atoms with Gasteiger partial charge in [0, 0.05) is 12.6 Å². The Hall–Kier alpha value is -1.53. The Labute approximate surface area is 166 Å². The van der Waals surface area contributed by atoms with E-state index >= 15 is 0 Å². The minimum Gasteiger partial charge on any atom is -0.339 e. The molecule has 0 bridgehead atoms. The maximum Gasteiger partial charge on any atom is 0.228 e. The number of halogens is 3. The fraction of sp³-hybridized carbons (Fsp3) is 0.176. The lowest BCUT2D eigenvalue weighted by Gasteiger charge is -2.27. The molecule has 4 nitrogen and oxygen atoms in total. The Balaban J connectivity index is 2.01. The van der Waals surface area contributed by atoms with Crippen LogP contribution < -0.4 is 16.0 Å². The van der Waals surface area contributed by atoms with Gasteiger partial charge in [0.2, 0.25) is 9.70 Å². The fourth-order valence-corrected chi connectivity index (χ4v) is 2.64. The number of carbonyl (C=O) groups is 1. The zero-order valence-corrected chi connectivity index (χ0v) is 16.3. The smallest absolute Gasteiger partial charge is 0.228 e. The number of hydrogen-bond donors (Lipinski definition) is 3. The van der Waals surface area contributed by atoms with Crippen LogP contribution in [-0.4, -0.2) is 21.0 Å². The van der Waals surface area contributed by atoms with E-state index in [2.05, 4.69) is 16.0 Å². The average Bonchev–Trinajstić information content (AvgIpc) is 2.54. The van der Waals surface area contributed by atoms with E-state index in [0.29, 0.717) is 0 Å². The number of hydrogen-bond acceptors (Lipinski definition) is 2. The molecule has 8 heteroatoms. The van der Waals surface area contributed by atoms with E-state index in [1.54, 1.807) is 0 Å². The molecule has 132 valence electrons. The van der Waals surface area contributed by atoms with Gasteiger partial charge in [-0.05, 0) is 35.5 Å². The Bertz CT molecular complexity index is 733. The Kier molecular flexibility index (Phi) is 6.90. The summed E-state index contributed by atoms with van der Waals surface area (Å²) in [4.78, 5) is 11.2. The molecule has 2 rings (SSSR count). The summed E-state index contributed by atoms with van der Waals surface area (Å²) < 4.78 is -1.76.